The monoisotopic (exact) mass is 288 g/mol. The first-order valence-electron chi connectivity index (χ1n) is 7.39. The van der Waals surface area contributed by atoms with Gasteiger partial charge in [0.2, 0.25) is 0 Å². The van der Waals surface area contributed by atoms with E-state index in [4.69, 9.17) is 0 Å². The lowest BCUT2D eigenvalue weighted by molar-refractivity contribution is -0.132. The molecule has 2 fully saturated rings. The minimum Gasteiger partial charge on any atom is -0.362 e. The average Bonchev–Trinajstić information content (AvgIpc) is 2.87. The normalized spacial score (nSPS) is 21.5. The van der Waals surface area contributed by atoms with E-state index in [9.17, 15) is 9.59 Å². The Morgan fingerprint density at radius 1 is 1.24 bits per heavy atom. The number of rotatable bonds is 2. The molecule has 0 radical (unpaired) electrons. The summed E-state index contributed by atoms with van der Waals surface area (Å²) < 4.78 is 0. The number of nitrogens with zero attached hydrogens (tertiary/aromatic N) is 2. The van der Waals surface area contributed by atoms with Crippen LogP contribution < -0.4 is 5.32 Å². The predicted molar refractivity (Wildman–Crippen MR) is 79.1 cm³/mol. The summed E-state index contributed by atoms with van der Waals surface area (Å²) in [6.45, 7) is 3.89. The maximum Gasteiger partial charge on any atom is 0.346 e. The van der Waals surface area contributed by atoms with Crippen molar-refractivity contribution in [2.75, 3.05) is 0 Å². The summed E-state index contributed by atoms with van der Waals surface area (Å²) >= 11 is 0. The third kappa shape index (κ3) is 2.34. The van der Waals surface area contributed by atoms with Crippen molar-refractivity contribution in [3.63, 3.8) is 0 Å². The number of hydrogen-bond acceptors (Lipinski definition) is 3. The summed E-state index contributed by atoms with van der Waals surface area (Å²) in [4.78, 5) is 27.7. The van der Waals surface area contributed by atoms with Crippen LogP contribution in [0.3, 0.4) is 0 Å². The fourth-order valence-electron chi connectivity index (χ4n) is 3.20. The number of hydrogen-bond donors (Lipinski definition) is 2. The van der Waals surface area contributed by atoms with E-state index >= 15 is 0 Å². The van der Waals surface area contributed by atoms with Gasteiger partial charge < -0.3 is 10.3 Å². The molecule has 21 heavy (non-hydrogen) atoms. The lowest BCUT2D eigenvalue weighted by Crippen LogP contribution is -2.48. The molecular formula is C15H20N4O2. The minimum absolute atomic E-state index is 0.214. The zero-order valence-electron chi connectivity index (χ0n) is 12.4. The lowest BCUT2D eigenvalue weighted by atomic mass is 9.82. The Bertz CT molecular complexity index is 611. The zero-order chi connectivity index (χ0) is 15.0. The fourth-order valence-corrected chi connectivity index (χ4v) is 3.20. The van der Waals surface area contributed by atoms with E-state index in [-0.39, 0.29) is 5.91 Å². The first-order chi connectivity index (χ1) is 10.0. The van der Waals surface area contributed by atoms with Gasteiger partial charge in [-0.2, -0.15) is 5.10 Å². The SMILES string of the molecule is Cc1cc(/C=N/N2C(=O)NC3(CCCCC3)C2=O)c(C)[nH]1. The van der Waals surface area contributed by atoms with Gasteiger partial charge in [0, 0.05) is 17.0 Å². The van der Waals surface area contributed by atoms with Gasteiger partial charge in [0.25, 0.3) is 5.91 Å². The molecule has 0 aromatic carbocycles. The molecule has 1 spiro atoms. The maximum absolute atomic E-state index is 12.5. The van der Waals surface area contributed by atoms with Crippen molar-refractivity contribution in [1.82, 2.24) is 15.3 Å². The van der Waals surface area contributed by atoms with Crippen LogP contribution in [0.15, 0.2) is 11.2 Å². The smallest absolute Gasteiger partial charge is 0.346 e. The number of amides is 3. The molecular weight excluding hydrogens is 268 g/mol. The second-order valence-electron chi connectivity index (χ2n) is 5.97. The molecule has 112 valence electrons. The van der Waals surface area contributed by atoms with Crippen molar-refractivity contribution in [2.24, 2.45) is 5.10 Å². The number of nitrogens with one attached hydrogen (secondary N) is 2. The zero-order valence-corrected chi connectivity index (χ0v) is 12.4. The van der Waals surface area contributed by atoms with Gasteiger partial charge in [-0.05, 0) is 32.8 Å². The quantitative estimate of drug-likeness (QED) is 0.646. The molecule has 1 saturated carbocycles. The van der Waals surface area contributed by atoms with E-state index < -0.39 is 11.6 Å². The molecule has 3 rings (SSSR count). The summed E-state index contributed by atoms with van der Waals surface area (Å²) in [6, 6.07) is 1.52. The van der Waals surface area contributed by atoms with Crippen molar-refractivity contribution in [3.05, 3.63) is 23.0 Å². The van der Waals surface area contributed by atoms with Gasteiger partial charge in [0.1, 0.15) is 5.54 Å². The van der Waals surface area contributed by atoms with Crippen LogP contribution in [0.25, 0.3) is 0 Å². The molecule has 2 aliphatic rings. The molecule has 2 heterocycles. The first-order valence-corrected chi connectivity index (χ1v) is 7.39. The first kappa shape index (κ1) is 13.9. The number of aromatic nitrogens is 1. The highest BCUT2D eigenvalue weighted by Gasteiger charge is 2.51. The van der Waals surface area contributed by atoms with E-state index in [1.54, 1.807) is 6.21 Å². The molecule has 2 N–H and O–H groups in total. The molecule has 1 aromatic rings. The number of urea groups is 1. The fraction of sp³-hybridized carbons (Fsp3) is 0.533. The standard InChI is InChI=1S/C15H20N4O2/c1-10-8-12(11(2)17-10)9-16-19-13(20)15(18-14(19)21)6-4-3-5-7-15/h8-9,17H,3-7H2,1-2H3,(H,18,21)/b16-9+. The largest absolute Gasteiger partial charge is 0.362 e. The summed E-state index contributed by atoms with van der Waals surface area (Å²) in [7, 11) is 0. The molecule has 1 aromatic heterocycles. The summed E-state index contributed by atoms with van der Waals surface area (Å²) in [6.07, 6.45) is 6.06. The van der Waals surface area contributed by atoms with Gasteiger partial charge in [-0.1, -0.05) is 19.3 Å². The third-order valence-corrected chi connectivity index (χ3v) is 4.35. The Morgan fingerprint density at radius 2 is 1.95 bits per heavy atom. The Labute approximate surface area is 123 Å². The minimum atomic E-state index is -0.713. The van der Waals surface area contributed by atoms with Crippen LogP contribution in [0, 0.1) is 13.8 Å². The number of H-pyrrole nitrogens is 1. The summed E-state index contributed by atoms with van der Waals surface area (Å²) in [5.41, 5.74) is 2.17. The van der Waals surface area contributed by atoms with Crippen molar-refractivity contribution in [2.45, 2.75) is 51.5 Å². The highest BCUT2D eigenvalue weighted by atomic mass is 16.2. The van der Waals surface area contributed by atoms with Gasteiger partial charge in [0.05, 0.1) is 6.21 Å². The van der Waals surface area contributed by atoms with Gasteiger partial charge in [-0.25, -0.2) is 4.79 Å². The maximum atomic E-state index is 12.5. The number of carbonyl (C=O) groups excluding carboxylic acids is 2. The van der Waals surface area contributed by atoms with E-state index in [2.05, 4.69) is 15.4 Å². The van der Waals surface area contributed by atoms with Crippen LogP contribution in [-0.2, 0) is 4.79 Å². The molecule has 6 nitrogen and oxygen atoms in total. The van der Waals surface area contributed by atoms with Crippen LogP contribution in [0.2, 0.25) is 0 Å². The van der Waals surface area contributed by atoms with Crippen molar-refractivity contribution >= 4 is 18.2 Å². The molecule has 6 heteroatoms. The second kappa shape index (κ2) is 5.02. The Morgan fingerprint density at radius 3 is 2.57 bits per heavy atom. The van der Waals surface area contributed by atoms with Crippen LogP contribution >= 0.6 is 0 Å². The van der Waals surface area contributed by atoms with Gasteiger partial charge >= 0.3 is 6.03 Å². The number of aryl methyl sites for hydroxylation is 2. The van der Waals surface area contributed by atoms with Gasteiger partial charge in [-0.3, -0.25) is 4.79 Å². The average molecular weight is 288 g/mol. The third-order valence-electron chi connectivity index (χ3n) is 4.35. The van der Waals surface area contributed by atoms with Crippen LogP contribution in [0.5, 0.6) is 0 Å². The number of carbonyl (C=O) groups is 2. The van der Waals surface area contributed by atoms with Crippen molar-refractivity contribution in [3.8, 4) is 0 Å². The Hall–Kier alpha value is -2.11. The number of hydrazone groups is 1. The second-order valence-corrected chi connectivity index (χ2v) is 5.97. The lowest BCUT2D eigenvalue weighted by Gasteiger charge is -2.29. The van der Waals surface area contributed by atoms with E-state index in [1.165, 1.54) is 0 Å². The molecule has 1 aliphatic heterocycles. The number of imide groups is 1. The van der Waals surface area contributed by atoms with Crippen LogP contribution in [0.1, 0.15) is 49.1 Å². The van der Waals surface area contributed by atoms with E-state index in [1.807, 2.05) is 19.9 Å². The molecule has 0 atom stereocenters. The van der Waals surface area contributed by atoms with E-state index in [0.717, 1.165) is 41.2 Å². The molecule has 3 amide bonds. The van der Waals surface area contributed by atoms with Gasteiger partial charge in [-0.15, -0.1) is 5.01 Å². The van der Waals surface area contributed by atoms with Crippen molar-refractivity contribution in [1.29, 1.82) is 0 Å². The van der Waals surface area contributed by atoms with Crippen LogP contribution in [0.4, 0.5) is 4.79 Å². The summed E-state index contributed by atoms with van der Waals surface area (Å²) in [5.74, 6) is -0.214. The summed E-state index contributed by atoms with van der Waals surface area (Å²) in [5, 5.41) is 7.93. The Kier molecular flexibility index (Phi) is 3.31. The number of aromatic amines is 1. The topological polar surface area (TPSA) is 77.6 Å². The van der Waals surface area contributed by atoms with E-state index in [0.29, 0.717) is 12.8 Å². The molecule has 1 saturated heterocycles. The molecule has 0 unspecified atom stereocenters. The Balaban J connectivity index is 1.81. The molecule has 1 aliphatic carbocycles. The highest BCUT2D eigenvalue weighted by molar-refractivity contribution is 6.07. The highest BCUT2D eigenvalue weighted by Crippen LogP contribution is 2.33. The molecule has 0 bridgehead atoms. The predicted octanol–water partition coefficient (Wildman–Crippen LogP) is 2.22. The van der Waals surface area contributed by atoms with Gasteiger partial charge in [0.15, 0.2) is 0 Å². The van der Waals surface area contributed by atoms with Crippen molar-refractivity contribution < 1.29 is 9.59 Å². The van der Waals surface area contributed by atoms with Crippen LogP contribution in [-0.4, -0.2) is 33.7 Å².